The van der Waals surface area contributed by atoms with Crippen molar-refractivity contribution in [2.45, 2.75) is 13.8 Å². The number of carbonyl (C=O) groups is 1. The summed E-state index contributed by atoms with van der Waals surface area (Å²) in [5, 5.41) is 3.85. The molecule has 0 aliphatic heterocycles. The standard InChI is InChI=1S/C16H16N2O2/c1-12-7-8-14(11-13(12)2)16(19)18-17-9-3-5-15-6-4-10-20-15/h3-11H,1-2H3,(H,18,19). The molecule has 0 fully saturated rings. The molecule has 1 amide bonds. The molecule has 0 bridgehead atoms. The Labute approximate surface area is 117 Å². The smallest absolute Gasteiger partial charge is 0.271 e. The Kier molecular flexibility index (Phi) is 4.50. The molecule has 2 aromatic rings. The van der Waals surface area contributed by atoms with Crippen LogP contribution in [0.3, 0.4) is 0 Å². The summed E-state index contributed by atoms with van der Waals surface area (Å²) in [5.41, 5.74) is 5.31. The largest absolute Gasteiger partial charge is 0.465 e. The molecule has 102 valence electrons. The van der Waals surface area contributed by atoms with Crippen molar-refractivity contribution in [1.29, 1.82) is 0 Å². The molecule has 0 radical (unpaired) electrons. The van der Waals surface area contributed by atoms with E-state index in [-0.39, 0.29) is 5.91 Å². The summed E-state index contributed by atoms with van der Waals surface area (Å²) in [6.45, 7) is 3.98. The second-order valence-electron chi connectivity index (χ2n) is 4.39. The van der Waals surface area contributed by atoms with Crippen molar-refractivity contribution in [3.63, 3.8) is 0 Å². The molecule has 20 heavy (non-hydrogen) atoms. The van der Waals surface area contributed by atoms with Crippen LogP contribution in [0.1, 0.15) is 27.2 Å². The van der Waals surface area contributed by atoms with Gasteiger partial charge in [-0.15, -0.1) is 0 Å². The van der Waals surface area contributed by atoms with Crippen molar-refractivity contribution in [2.24, 2.45) is 5.10 Å². The van der Waals surface area contributed by atoms with Crippen LogP contribution in [-0.2, 0) is 0 Å². The molecule has 0 spiro atoms. The van der Waals surface area contributed by atoms with Crippen LogP contribution >= 0.6 is 0 Å². The molecule has 1 N–H and O–H groups in total. The fourth-order valence-corrected chi connectivity index (χ4v) is 1.61. The number of allylic oxidation sites excluding steroid dienone is 1. The monoisotopic (exact) mass is 268 g/mol. The van der Waals surface area contributed by atoms with E-state index in [0.29, 0.717) is 5.56 Å². The quantitative estimate of drug-likeness (QED) is 0.683. The minimum absolute atomic E-state index is 0.226. The minimum atomic E-state index is -0.226. The lowest BCUT2D eigenvalue weighted by Gasteiger charge is -2.03. The number of amides is 1. The molecule has 0 atom stereocenters. The van der Waals surface area contributed by atoms with Gasteiger partial charge in [0.05, 0.1) is 6.26 Å². The number of hydrogen-bond donors (Lipinski definition) is 1. The number of nitrogens with zero attached hydrogens (tertiary/aromatic N) is 1. The molecule has 4 nitrogen and oxygen atoms in total. The molecule has 1 aromatic heterocycles. The van der Waals surface area contributed by atoms with Gasteiger partial charge in [0, 0.05) is 11.8 Å². The summed E-state index contributed by atoms with van der Waals surface area (Å²) in [6.07, 6.45) is 6.55. The van der Waals surface area contributed by atoms with Crippen LogP contribution in [0, 0.1) is 13.8 Å². The summed E-state index contributed by atoms with van der Waals surface area (Å²) < 4.78 is 5.12. The number of hydrazone groups is 1. The first-order valence-electron chi connectivity index (χ1n) is 6.27. The van der Waals surface area contributed by atoms with Crippen molar-refractivity contribution in [1.82, 2.24) is 5.43 Å². The molecule has 0 aliphatic rings. The molecule has 0 aliphatic carbocycles. The lowest BCUT2D eigenvalue weighted by molar-refractivity contribution is 0.0955. The number of carbonyl (C=O) groups excluding carboxylic acids is 1. The lowest BCUT2D eigenvalue weighted by Crippen LogP contribution is -2.17. The number of furan rings is 1. The van der Waals surface area contributed by atoms with Gasteiger partial charge in [-0.1, -0.05) is 6.07 Å². The normalized spacial score (nSPS) is 11.3. The number of nitrogens with one attached hydrogen (secondary N) is 1. The van der Waals surface area contributed by atoms with E-state index >= 15 is 0 Å². The lowest BCUT2D eigenvalue weighted by atomic mass is 10.1. The van der Waals surface area contributed by atoms with E-state index in [2.05, 4.69) is 10.5 Å². The molecule has 1 heterocycles. The highest BCUT2D eigenvalue weighted by Crippen LogP contribution is 2.09. The third-order valence-corrected chi connectivity index (χ3v) is 2.90. The summed E-state index contributed by atoms with van der Waals surface area (Å²) in [7, 11) is 0. The highest BCUT2D eigenvalue weighted by Gasteiger charge is 2.04. The molecule has 0 saturated carbocycles. The van der Waals surface area contributed by atoms with Crippen molar-refractivity contribution in [3.05, 3.63) is 65.1 Å². The van der Waals surface area contributed by atoms with Gasteiger partial charge in [0.25, 0.3) is 5.91 Å². The van der Waals surface area contributed by atoms with Crippen LogP contribution in [-0.4, -0.2) is 12.1 Å². The number of benzene rings is 1. The van der Waals surface area contributed by atoms with Crippen molar-refractivity contribution in [3.8, 4) is 0 Å². The Morgan fingerprint density at radius 2 is 2.10 bits per heavy atom. The minimum Gasteiger partial charge on any atom is -0.465 e. The first-order chi connectivity index (χ1) is 9.66. The zero-order valence-corrected chi connectivity index (χ0v) is 11.5. The Morgan fingerprint density at radius 1 is 1.25 bits per heavy atom. The Hall–Kier alpha value is -2.62. The van der Waals surface area contributed by atoms with Gasteiger partial charge in [0.1, 0.15) is 5.76 Å². The van der Waals surface area contributed by atoms with Crippen LogP contribution in [0.5, 0.6) is 0 Å². The molecule has 0 saturated heterocycles. The van der Waals surface area contributed by atoms with Crippen molar-refractivity contribution < 1.29 is 9.21 Å². The van der Waals surface area contributed by atoms with E-state index in [0.717, 1.165) is 16.9 Å². The summed E-state index contributed by atoms with van der Waals surface area (Å²) in [5.74, 6) is 0.507. The van der Waals surface area contributed by atoms with Gasteiger partial charge in [-0.05, 0) is 61.4 Å². The van der Waals surface area contributed by atoms with Crippen molar-refractivity contribution >= 4 is 18.2 Å². The molecule has 0 unspecified atom stereocenters. The highest BCUT2D eigenvalue weighted by atomic mass is 16.3. The van der Waals surface area contributed by atoms with Gasteiger partial charge in [-0.25, -0.2) is 5.43 Å². The zero-order chi connectivity index (χ0) is 14.4. The van der Waals surface area contributed by atoms with Crippen LogP contribution in [0.2, 0.25) is 0 Å². The maximum absolute atomic E-state index is 11.8. The van der Waals surface area contributed by atoms with Gasteiger partial charge in [-0.2, -0.15) is 5.10 Å². The maximum Gasteiger partial charge on any atom is 0.271 e. The topological polar surface area (TPSA) is 54.6 Å². The number of aryl methyl sites for hydroxylation is 2. The third-order valence-electron chi connectivity index (χ3n) is 2.90. The van der Waals surface area contributed by atoms with Crippen LogP contribution in [0.4, 0.5) is 0 Å². The van der Waals surface area contributed by atoms with Gasteiger partial charge in [0.2, 0.25) is 0 Å². The Bertz CT molecular complexity index is 641. The van der Waals surface area contributed by atoms with Crippen LogP contribution < -0.4 is 5.43 Å². The fraction of sp³-hybridized carbons (Fsp3) is 0.125. The number of hydrogen-bond acceptors (Lipinski definition) is 3. The van der Waals surface area contributed by atoms with Crippen LogP contribution in [0.15, 0.2) is 52.2 Å². The van der Waals surface area contributed by atoms with E-state index in [4.69, 9.17) is 4.42 Å². The van der Waals surface area contributed by atoms with Gasteiger partial charge >= 0.3 is 0 Å². The highest BCUT2D eigenvalue weighted by molar-refractivity contribution is 5.95. The SMILES string of the molecule is Cc1ccc(C(=O)NN=CC=Cc2ccco2)cc1C. The molecular weight excluding hydrogens is 252 g/mol. The van der Waals surface area contributed by atoms with E-state index in [1.807, 2.05) is 32.0 Å². The van der Waals surface area contributed by atoms with E-state index in [9.17, 15) is 4.79 Å². The first kappa shape index (κ1) is 13.8. The summed E-state index contributed by atoms with van der Waals surface area (Å²) in [4.78, 5) is 11.8. The predicted molar refractivity (Wildman–Crippen MR) is 79.6 cm³/mol. The average molecular weight is 268 g/mol. The first-order valence-corrected chi connectivity index (χ1v) is 6.27. The Balaban J connectivity index is 1.90. The van der Waals surface area contributed by atoms with Gasteiger partial charge < -0.3 is 4.42 Å². The summed E-state index contributed by atoms with van der Waals surface area (Å²) >= 11 is 0. The number of rotatable bonds is 4. The molecule has 1 aromatic carbocycles. The Morgan fingerprint density at radius 3 is 2.80 bits per heavy atom. The van der Waals surface area contributed by atoms with Crippen molar-refractivity contribution in [2.75, 3.05) is 0 Å². The van der Waals surface area contributed by atoms with E-state index in [1.165, 1.54) is 6.21 Å². The average Bonchev–Trinajstić information content (AvgIpc) is 2.94. The molecule has 2 rings (SSSR count). The van der Waals surface area contributed by atoms with E-state index < -0.39 is 0 Å². The fourth-order valence-electron chi connectivity index (χ4n) is 1.61. The summed E-state index contributed by atoms with van der Waals surface area (Å²) in [6, 6.07) is 9.19. The molecule has 4 heteroatoms. The zero-order valence-electron chi connectivity index (χ0n) is 11.5. The van der Waals surface area contributed by atoms with E-state index in [1.54, 1.807) is 30.5 Å². The van der Waals surface area contributed by atoms with Crippen LogP contribution in [0.25, 0.3) is 6.08 Å². The van der Waals surface area contributed by atoms with Gasteiger partial charge in [-0.3, -0.25) is 4.79 Å². The maximum atomic E-state index is 11.8. The third kappa shape index (κ3) is 3.68. The second kappa shape index (κ2) is 6.52. The predicted octanol–water partition coefficient (Wildman–Crippen LogP) is 3.33. The molecular formula is C16H16N2O2. The van der Waals surface area contributed by atoms with Gasteiger partial charge in [0.15, 0.2) is 0 Å². The second-order valence-corrected chi connectivity index (χ2v) is 4.39.